The van der Waals surface area contributed by atoms with Crippen LogP contribution in [-0.2, 0) is 7.05 Å². The number of rotatable bonds is 3. The summed E-state index contributed by atoms with van der Waals surface area (Å²) >= 11 is 1.40. The van der Waals surface area contributed by atoms with Crippen molar-refractivity contribution >= 4 is 22.8 Å². The van der Waals surface area contributed by atoms with Gasteiger partial charge in [0, 0.05) is 24.9 Å². The SMILES string of the molecule is CC(C#N)CSc1nc2cc(F)c(F)cc2n1C. The van der Waals surface area contributed by atoms with E-state index >= 15 is 0 Å². The topological polar surface area (TPSA) is 41.6 Å². The second-order valence-electron chi connectivity index (χ2n) is 4.05. The molecule has 0 aliphatic heterocycles. The first kappa shape index (κ1) is 12.8. The third-order valence-corrected chi connectivity index (χ3v) is 3.85. The van der Waals surface area contributed by atoms with E-state index < -0.39 is 11.6 Å². The van der Waals surface area contributed by atoms with Gasteiger partial charge in [-0.05, 0) is 6.92 Å². The average Bonchev–Trinajstić information content (AvgIpc) is 2.64. The number of fused-ring (bicyclic) bond motifs is 1. The van der Waals surface area contributed by atoms with Crippen LogP contribution in [0.4, 0.5) is 8.78 Å². The molecule has 0 spiro atoms. The molecule has 0 radical (unpaired) electrons. The van der Waals surface area contributed by atoms with Crippen LogP contribution in [0.15, 0.2) is 17.3 Å². The molecule has 0 fully saturated rings. The molecular formula is C12H11F2N3S. The van der Waals surface area contributed by atoms with Crippen molar-refractivity contribution in [2.24, 2.45) is 13.0 Å². The van der Waals surface area contributed by atoms with Crippen LogP contribution in [-0.4, -0.2) is 15.3 Å². The van der Waals surface area contributed by atoms with E-state index in [1.54, 1.807) is 11.6 Å². The average molecular weight is 267 g/mol. The molecule has 1 aromatic carbocycles. The normalized spacial score (nSPS) is 12.6. The molecule has 0 aliphatic rings. The zero-order valence-corrected chi connectivity index (χ0v) is 10.8. The molecule has 0 bridgehead atoms. The number of hydrogen-bond acceptors (Lipinski definition) is 3. The second-order valence-corrected chi connectivity index (χ2v) is 5.04. The van der Waals surface area contributed by atoms with Crippen molar-refractivity contribution in [3.63, 3.8) is 0 Å². The van der Waals surface area contributed by atoms with Crippen molar-refractivity contribution in [3.8, 4) is 6.07 Å². The Kier molecular flexibility index (Phi) is 3.53. The van der Waals surface area contributed by atoms with Gasteiger partial charge in [0.2, 0.25) is 0 Å². The fraction of sp³-hybridized carbons (Fsp3) is 0.333. The van der Waals surface area contributed by atoms with Crippen molar-refractivity contribution in [1.29, 1.82) is 5.26 Å². The molecule has 18 heavy (non-hydrogen) atoms. The molecule has 0 amide bonds. The van der Waals surface area contributed by atoms with Gasteiger partial charge in [-0.1, -0.05) is 11.8 Å². The molecular weight excluding hydrogens is 256 g/mol. The van der Waals surface area contributed by atoms with Crippen molar-refractivity contribution in [3.05, 3.63) is 23.8 Å². The van der Waals surface area contributed by atoms with Crippen molar-refractivity contribution in [1.82, 2.24) is 9.55 Å². The zero-order valence-electron chi connectivity index (χ0n) is 9.94. The van der Waals surface area contributed by atoms with Gasteiger partial charge >= 0.3 is 0 Å². The van der Waals surface area contributed by atoms with Gasteiger partial charge in [-0.2, -0.15) is 5.26 Å². The van der Waals surface area contributed by atoms with E-state index in [4.69, 9.17) is 5.26 Å². The lowest BCUT2D eigenvalue weighted by Crippen LogP contribution is -1.97. The van der Waals surface area contributed by atoms with Crippen LogP contribution in [0.3, 0.4) is 0 Å². The standard InChI is InChI=1S/C12H11F2N3S/c1-7(5-15)6-18-12-16-10-3-8(13)9(14)4-11(10)17(12)2/h3-4,7H,6H2,1-2H3. The predicted molar refractivity (Wildman–Crippen MR) is 66.1 cm³/mol. The fourth-order valence-corrected chi connectivity index (χ4v) is 2.46. The molecule has 94 valence electrons. The van der Waals surface area contributed by atoms with Gasteiger partial charge in [0.25, 0.3) is 0 Å². The number of aryl methyl sites for hydroxylation is 1. The number of hydrogen-bond donors (Lipinski definition) is 0. The molecule has 0 saturated heterocycles. The second kappa shape index (κ2) is 4.94. The molecule has 1 aromatic heterocycles. The smallest absolute Gasteiger partial charge is 0.168 e. The number of thioether (sulfide) groups is 1. The van der Waals surface area contributed by atoms with Crippen LogP contribution in [0.2, 0.25) is 0 Å². The summed E-state index contributed by atoms with van der Waals surface area (Å²) in [6.07, 6.45) is 0. The van der Waals surface area contributed by atoms with E-state index in [2.05, 4.69) is 11.1 Å². The summed E-state index contributed by atoms with van der Waals surface area (Å²) in [4.78, 5) is 4.23. The Bertz CT molecular complexity index is 630. The van der Waals surface area contributed by atoms with Crippen LogP contribution in [0, 0.1) is 28.9 Å². The Labute approximate surface area is 107 Å². The van der Waals surface area contributed by atoms with Gasteiger partial charge in [0.1, 0.15) is 0 Å². The molecule has 2 aromatic rings. The molecule has 2 rings (SSSR count). The predicted octanol–water partition coefficient (Wildman–Crippen LogP) is 3.10. The minimum absolute atomic E-state index is 0.0942. The molecule has 3 nitrogen and oxygen atoms in total. The summed E-state index contributed by atoms with van der Waals surface area (Å²) in [7, 11) is 1.74. The van der Waals surface area contributed by atoms with E-state index in [1.807, 2.05) is 6.92 Å². The van der Waals surface area contributed by atoms with Gasteiger partial charge in [-0.3, -0.25) is 0 Å². The highest BCUT2D eigenvalue weighted by atomic mass is 32.2. The highest BCUT2D eigenvalue weighted by molar-refractivity contribution is 7.99. The van der Waals surface area contributed by atoms with Crippen LogP contribution in [0.5, 0.6) is 0 Å². The third-order valence-electron chi connectivity index (χ3n) is 2.56. The summed E-state index contributed by atoms with van der Waals surface area (Å²) in [5.74, 6) is -1.28. The Morgan fingerprint density at radius 3 is 2.78 bits per heavy atom. The highest BCUT2D eigenvalue weighted by Crippen LogP contribution is 2.25. The molecule has 0 saturated carbocycles. The molecule has 1 heterocycles. The number of nitriles is 1. The maximum absolute atomic E-state index is 13.1. The summed E-state index contributed by atoms with van der Waals surface area (Å²) in [5.41, 5.74) is 0.963. The summed E-state index contributed by atoms with van der Waals surface area (Å²) < 4.78 is 27.9. The zero-order chi connectivity index (χ0) is 13.3. The maximum atomic E-state index is 13.1. The lowest BCUT2D eigenvalue weighted by atomic mass is 10.3. The van der Waals surface area contributed by atoms with Gasteiger partial charge in [0.05, 0.1) is 23.0 Å². The molecule has 0 aliphatic carbocycles. The molecule has 0 N–H and O–H groups in total. The largest absolute Gasteiger partial charge is 0.322 e. The minimum Gasteiger partial charge on any atom is -0.322 e. The quantitative estimate of drug-likeness (QED) is 0.802. The van der Waals surface area contributed by atoms with Crippen LogP contribution >= 0.6 is 11.8 Å². The summed E-state index contributed by atoms with van der Waals surface area (Å²) in [6.45, 7) is 1.81. The molecule has 1 unspecified atom stereocenters. The molecule has 6 heteroatoms. The van der Waals surface area contributed by atoms with Gasteiger partial charge in [0.15, 0.2) is 16.8 Å². The van der Waals surface area contributed by atoms with Gasteiger partial charge < -0.3 is 4.57 Å². The summed E-state index contributed by atoms with van der Waals surface area (Å²) in [5, 5.41) is 9.36. The van der Waals surface area contributed by atoms with Gasteiger partial charge in [-0.25, -0.2) is 13.8 Å². The Balaban J connectivity index is 2.36. The van der Waals surface area contributed by atoms with E-state index in [-0.39, 0.29) is 5.92 Å². The van der Waals surface area contributed by atoms with E-state index in [0.717, 1.165) is 12.1 Å². The molecule has 1 atom stereocenters. The highest BCUT2D eigenvalue weighted by Gasteiger charge is 2.13. The lowest BCUT2D eigenvalue weighted by molar-refractivity contribution is 0.510. The Morgan fingerprint density at radius 1 is 1.44 bits per heavy atom. The van der Waals surface area contributed by atoms with E-state index in [9.17, 15) is 8.78 Å². The number of benzene rings is 1. The fourth-order valence-electron chi connectivity index (χ4n) is 1.53. The third kappa shape index (κ3) is 2.31. The monoisotopic (exact) mass is 267 g/mol. The van der Waals surface area contributed by atoms with Crippen molar-refractivity contribution in [2.45, 2.75) is 12.1 Å². The van der Waals surface area contributed by atoms with Gasteiger partial charge in [-0.15, -0.1) is 0 Å². The van der Waals surface area contributed by atoms with Crippen molar-refractivity contribution < 1.29 is 8.78 Å². The summed E-state index contributed by atoms with van der Waals surface area (Å²) in [6, 6.07) is 4.35. The Morgan fingerprint density at radius 2 is 2.11 bits per heavy atom. The maximum Gasteiger partial charge on any atom is 0.168 e. The van der Waals surface area contributed by atoms with Crippen LogP contribution in [0.25, 0.3) is 11.0 Å². The Hall–Kier alpha value is -1.61. The lowest BCUT2D eigenvalue weighted by Gasteiger charge is -2.02. The first-order valence-corrected chi connectivity index (χ1v) is 6.35. The first-order chi connectivity index (χ1) is 8.52. The minimum atomic E-state index is -0.900. The number of aromatic nitrogens is 2. The number of halogens is 2. The first-order valence-electron chi connectivity index (χ1n) is 5.36. The van der Waals surface area contributed by atoms with E-state index in [1.165, 1.54) is 11.8 Å². The van der Waals surface area contributed by atoms with Crippen LogP contribution < -0.4 is 0 Å². The van der Waals surface area contributed by atoms with Crippen LogP contribution in [0.1, 0.15) is 6.92 Å². The number of nitrogens with zero attached hydrogens (tertiary/aromatic N) is 3. The number of imidazole rings is 1. The van der Waals surface area contributed by atoms with Crippen molar-refractivity contribution in [2.75, 3.05) is 5.75 Å². The van der Waals surface area contributed by atoms with E-state index in [0.29, 0.717) is 21.9 Å².